The molecule has 100 valence electrons. The summed E-state index contributed by atoms with van der Waals surface area (Å²) in [7, 11) is 0. The summed E-state index contributed by atoms with van der Waals surface area (Å²) in [6.45, 7) is 8.78. The topological polar surface area (TPSA) is 40.5 Å². The summed E-state index contributed by atoms with van der Waals surface area (Å²) in [4.78, 5) is 12.9. The second-order valence-corrected chi connectivity index (χ2v) is 6.37. The van der Waals surface area contributed by atoms with Gasteiger partial charge in [-0.1, -0.05) is 28.1 Å². The van der Waals surface area contributed by atoms with Crippen molar-refractivity contribution in [3.05, 3.63) is 33.8 Å². The molecule has 0 atom stereocenters. The van der Waals surface area contributed by atoms with Gasteiger partial charge in [0.1, 0.15) is 0 Å². The van der Waals surface area contributed by atoms with Crippen LogP contribution < -0.4 is 0 Å². The highest BCUT2D eigenvalue weighted by atomic mass is 79.9. The zero-order valence-electron chi connectivity index (χ0n) is 11.3. The van der Waals surface area contributed by atoms with Crippen molar-refractivity contribution in [3.63, 3.8) is 0 Å². The number of hydrogen-bond acceptors (Lipinski definition) is 2. The van der Waals surface area contributed by atoms with Crippen LogP contribution in [0.25, 0.3) is 0 Å². The predicted molar refractivity (Wildman–Crippen MR) is 76.7 cm³/mol. The van der Waals surface area contributed by atoms with E-state index in [0.29, 0.717) is 6.54 Å². The van der Waals surface area contributed by atoms with Gasteiger partial charge in [0.25, 0.3) is 0 Å². The number of nitrogens with zero attached hydrogens (tertiary/aromatic N) is 1. The van der Waals surface area contributed by atoms with Crippen LogP contribution in [0.15, 0.2) is 22.7 Å². The van der Waals surface area contributed by atoms with Crippen LogP contribution in [0, 0.1) is 6.92 Å². The molecule has 0 radical (unpaired) electrons. The van der Waals surface area contributed by atoms with E-state index in [0.717, 1.165) is 10.0 Å². The van der Waals surface area contributed by atoms with Crippen molar-refractivity contribution >= 4 is 21.9 Å². The molecule has 1 aromatic rings. The van der Waals surface area contributed by atoms with Gasteiger partial charge in [-0.05, 0) is 44.9 Å². The number of carbonyl (C=O) groups is 1. The second kappa shape index (κ2) is 5.85. The van der Waals surface area contributed by atoms with Gasteiger partial charge in [0.05, 0.1) is 6.54 Å². The van der Waals surface area contributed by atoms with Crippen LogP contribution in [0.5, 0.6) is 0 Å². The smallest absolute Gasteiger partial charge is 0.317 e. The lowest BCUT2D eigenvalue weighted by molar-refractivity contribution is -0.139. The molecule has 0 saturated heterocycles. The molecule has 0 spiro atoms. The highest BCUT2D eigenvalue weighted by Crippen LogP contribution is 2.23. The molecule has 18 heavy (non-hydrogen) atoms. The molecular formula is C14H20BrNO2. The first kappa shape index (κ1) is 15.2. The van der Waals surface area contributed by atoms with Crippen LogP contribution in [0.3, 0.4) is 0 Å². The summed E-state index contributed by atoms with van der Waals surface area (Å²) in [5.74, 6) is -0.798. The van der Waals surface area contributed by atoms with Gasteiger partial charge in [-0.25, -0.2) is 0 Å². The maximum Gasteiger partial charge on any atom is 0.317 e. The molecule has 4 heteroatoms. The normalized spacial score (nSPS) is 11.9. The Morgan fingerprint density at radius 1 is 1.39 bits per heavy atom. The molecule has 1 aromatic carbocycles. The number of aryl methyl sites for hydroxylation is 1. The van der Waals surface area contributed by atoms with Crippen molar-refractivity contribution in [1.82, 2.24) is 4.90 Å². The van der Waals surface area contributed by atoms with E-state index >= 15 is 0 Å². The Morgan fingerprint density at radius 3 is 2.44 bits per heavy atom. The average Bonchev–Trinajstić information content (AvgIpc) is 2.18. The van der Waals surface area contributed by atoms with Crippen molar-refractivity contribution < 1.29 is 9.90 Å². The summed E-state index contributed by atoms with van der Waals surface area (Å²) in [5.41, 5.74) is 2.12. The van der Waals surface area contributed by atoms with E-state index in [1.165, 1.54) is 5.56 Å². The fourth-order valence-corrected chi connectivity index (χ4v) is 2.30. The van der Waals surface area contributed by atoms with Crippen molar-refractivity contribution in [2.45, 2.75) is 39.8 Å². The van der Waals surface area contributed by atoms with Crippen LogP contribution in [0.2, 0.25) is 0 Å². The third-order valence-corrected chi connectivity index (χ3v) is 3.58. The fraction of sp³-hybridized carbons (Fsp3) is 0.500. The molecule has 0 saturated carbocycles. The summed E-state index contributed by atoms with van der Waals surface area (Å²) in [6.07, 6.45) is 0. The minimum Gasteiger partial charge on any atom is -0.480 e. The number of benzene rings is 1. The van der Waals surface area contributed by atoms with E-state index in [2.05, 4.69) is 22.0 Å². The van der Waals surface area contributed by atoms with E-state index in [4.69, 9.17) is 5.11 Å². The summed E-state index contributed by atoms with van der Waals surface area (Å²) >= 11 is 3.53. The molecule has 0 heterocycles. The first-order chi connectivity index (χ1) is 8.20. The van der Waals surface area contributed by atoms with Crippen LogP contribution in [0.4, 0.5) is 0 Å². The third kappa shape index (κ3) is 4.42. The maximum atomic E-state index is 10.9. The standard InChI is InChI=1S/C14H20BrNO2/c1-10-5-6-11(12(15)7-10)8-16(9-13(17)18)14(2,3)4/h5-7H,8-9H2,1-4H3,(H,17,18). The van der Waals surface area contributed by atoms with Gasteiger partial charge in [0.15, 0.2) is 0 Å². The van der Waals surface area contributed by atoms with E-state index in [9.17, 15) is 4.79 Å². The van der Waals surface area contributed by atoms with E-state index < -0.39 is 5.97 Å². The largest absolute Gasteiger partial charge is 0.480 e. The molecule has 0 fully saturated rings. The number of hydrogen-bond donors (Lipinski definition) is 1. The predicted octanol–water partition coefficient (Wildman–Crippen LogP) is 3.44. The first-order valence-electron chi connectivity index (χ1n) is 5.92. The van der Waals surface area contributed by atoms with Gasteiger partial charge in [0.2, 0.25) is 0 Å². The third-order valence-electron chi connectivity index (χ3n) is 2.84. The average molecular weight is 314 g/mol. The first-order valence-corrected chi connectivity index (χ1v) is 6.71. The van der Waals surface area contributed by atoms with Gasteiger partial charge >= 0.3 is 5.97 Å². The molecule has 1 rings (SSSR count). The Bertz CT molecular complexity index is 438. The van der Waals surface area contributed by atoms with Crippen molar-refractivity contribution in [3.8, 4) is 0 Å². The Balaban J connectivity index is 2.92. The zero-order chi connectivity index (χ0) is 13.9. The monoisotopic (exact) mass is 313 g/mol. The van der Waals surface area contributed by atoms with E-state index in [-0.39, 0.29) is 12.1 Å². The molecule has 0 amide bonds. The van der Waals surface area contributed by atoms with Gasteiger partial charge in [0, 0.05) is 16.6 Å². The number of carboxylic acid groups (broad SMARTS) is 1. The Kier molecular flexibility index (Phi) is 4.93. The lowest BCUT2D eigenvalue weighted by Gasteiger charge is -2.34. The molecule has 0 unspecified atom stereocenters. The molecule has 1 N–H and O–H groups in total. The van der Waals surface area contributed by atoms with Crippen molar-refractivity contribution in [1.29, 1.82) is 0 Å². The number of rotatable bonds is 4. The highest BCUT2D eigenvalue weighted by molar-refractivity contribution is 9.10. The Morgan fingerprint density at radius 2 is 2.00 bits per heavy atom. The van der Waals surface area contributed by atoms with Crippen LogP contribution in [-0.2, 0) is 11.3 Å². The van der Waals surface area contributed by atoms with Gasteiger partial charge in [-0.15, -0.1) is 0 Å². The van der Waals surface area contributed by atoms with E-state index in [1.807, 2.05) is 44.7 Å². The highest BCUT2D eigenvalue weighted by Gasteiger charge is 2.24. The van der Waals surface area contributed by atoms with Gasteiger partial charge < -0.3 is 5.11 Å². The molecule has 0 bridgehead atoms. The van der Waals surface area contributed by atoms with Crippen LogP contribution in [-0.4, -0.2) is 28.1 Å². The van der Waals surface area contributed by atoms with Crippen molar-refractivity contribution in [2.24, 2.45) is 0 Å². The minimum absolute atomic E-state index is 0.0455. The number of halogens is 1. The summed E-state index contributed by atoms with van der Waals surface area (Å²) in [6, 6.07) is 6.14. The summed E-state index contributed by atoms with van der Waals surface area (Å²) in [5, 5.41) is 8.99. The maximum absolute atomic E-state index is 10.9. The number of aliphatic carboxylic acids is 1. The Hall–Kier alpha value is -0.870. The Labute approximate surface area is 117 Å². The van der Waals surface area contributed by atoms with Crippen LogP contribution in [0.1, 0.15) is 31.9 Å². The van der Waals surface area contributed by atoms with Crippen LogP contribution >= 0.6 is 15.9 Å². The van der Waals surface area contributed by atoms with E-state index in [1.54, 1.807) is 0 Å². The molecule has 3 nitrogen and oxygen atoms in total. The minimum atomic E-state index is -0.798. The molecule has 0 aliphatic rings. The SMILES string of the molecule is Cc1ccc(CN(CC(=O)O)C(C)(C)C)c(Br)c1. The second-order valence-electron chi connectivity index (χ2n) is 5.52. The zero-order valence-corrected chi connectivity index (χ0v) is 12.9. The van der Waals surface area contributed by atoms with Gasteiger partial charge in [-0.3, -0.25) is 9.69 Å². The summed E-state index contributed by atoms with van der Waals surface area (Å²) < 4.78 is 1.03. The molecule has 0 aliphatic heterocycles. The van der Waals surface area contributed by atoms with Gasteiger partial charge in [-0.2, -0.15) is 0 Å². The van der Waals surface area contributed by atoms with Crippen molar-refractivity contribution in [2.75, 3.05) is 6.54 Å². The quantitative estimate of drug-likeness (QED) is 0.925. The molecule has 0 aliphatic carbocycles. The number of carboxylic acids is 1. The lowest BCUT2D eigenvalue weighted by Crippen LogP contribution is -2.43. The molecule has 0 aromatic heterocycles. The fourth-order valence-electron chi connectivity index (χ4n) is 1.68. The lowest BCUT2D eigenvalue weighted by atomic mass is 10.0. The molecular weight excluding hydrogens is 294 g/mol.